The minimum Gasteiger partial charge on any atom is -0.488 e. The Morgan fingerprint density at radius 3 is 2.25 bits per heavy atom. The third kappa shape index (κ3) is 4.27. The van der Waals surface area contributed by atoms with Crippen LogP contribution in [0.5, 0.6) is 5.75 Å². The van der Waals surface area contributed by atoms with Crippen molar-refractivity contribution in [2.45, 2.75) is 26.9 Å². The van der Waals surface area contributed by atoms with E-state index in [2.05, 4.69) is 78.3 Å². The van der Waals surface area contributed by atoms with Crippen LogP contribution >= 0.6 is 15.9 Å². The largest absolute Gasteiger partial charge is 0.488 e. The van der Waals surface area contributed by atoms with Gasteiger partial charge in [-0.3, -0.25) is 0 Å². The summed E-state index contributed by atoms with van der Waals surface area (Å²) in [7, 11) is 0. The van der Waals surface area contributed by atoms with Crippen LogP contribution in [0.25, 0.3) is 0 Å². The summed E-state index contributed by atoms with van der Waals surface area (Å²) < 4.78 is 6.98. The molecule has 0 aromatic heterocycles. The van der Waals surface area contributed by atoms with Gasteiger partial charge in [-0.25, -0.2) is 0 Å². The van der Waals surface area contributed by atoms with Crippen LogP contribution in [0.15, 0.2) is 71.2 Å². The minimum absolute atomic E-state index is 0.580. The Hall–Kier alpha value is -2.06. The van der Waals surface area contributed by atoms with Gasteiger partial charge >= 0.3 is 0 Å². The predicted octanol–water partition coefficient (Wildman–Crippen LogP) is 6.24. The Bertz CT molecular complexity index is 807. The lowest BCUT2D eigenvalue weighted by molar-refractivity contribution is 0.304. The predicted molar refractivity (Wildman–Crippen MR) is 104 cm³/mol. The normalized spacial score (nSPS) is 10.6. The zero-order valence-corrected chi connectivity index (χ0v) is 15.6. The molecule has 0 saturated carbocycles. The topological polar surface area (TPSA) is 9.23 Å². The van der Waals surface area contributed by atoms with Gasteiger partial charge in [-0.15, -0.1) is 0 Å². The first-order valence-electron chi connectivity index (χ1n) is 8.13. The fourth-order valence-electron chi connectivity index (χ4n) is 2.66. The fraction of sp³-hybridized carbons (Fsp3) is 0.182. The van der Waals surface area contributed by atoms with Crippen LogP contribution < -0.4 is 4.74 Å². The Balaban J connectivity index is 1.74. The summed E-state index contributed by atoms with van der Waals surface area (Å²) in [5.74, 6) is 0.893. The summed E-state index contributed by atoms with van der Waals surface area (Å²) in [6.07, 6.45) is 0.934. The van der Waals surface area contributed by atoms with Crippen molar-refractivity contribution in [3.8, 4) is 5.75 Å². The fourth-order valence-corrected chi connectivity index (χ4v) is 3.16. The van der Waals surface area contributed by atoms with E-state index in [0.29, 0.717) is 6.61 Å². The standard InChI is InChI=1S/C22H21BrO/c1-16-8-10-18(11-9-16)13-20-14-21(23)22(12-17(20)2)24-15-19-6-4-3-5-7-19/h3-12,14H,13,15H2,1-2H3. The van der Waals surface area contributed by atoms with E-state index in [1.165, 1.54) is 27.8 Å². The number of hydrogen-bond acceptors (Lipinski definition) is 1. The number of halogens is 1. The molecule has 0 aliphatic rings. The average molecular weight is 381 g/mol. The molecule has 0 aliphatic carbocycles. The van der Waals surface area contributed by atoms with Crippen LogP contribution in [0.2, 0.25) is 0 Å². The molecule has 0 spiro atoms. The molecule has 3 aromatic rings. The Labute approximate surface area is 152 Å². The molecule has 0 unspecified atom stereocenters. The van der Waals surface area contributed by atoms with Crippen LogP contribution in [0.1, 0.15) is 27.8 Å². The highest BCUT2D eigenvalue weighted by Crippen LogP contribution is 2.30. The molecular formula is C22H21BrO. The first-order chi connectivity index (χ1) is 11.6. The molecule has 0 saturated heterocycles. The maximum Gasteiger partial charge on any atom is 0.134 e. The van der Waals surface area contributed by atoms with Gasteiger partial charge in [0.25, 0.3) is 0 Å². The van der Waals surface area contributed by atoms with Crippen molar-refractivity contribution < 1.29 is 4.74 Å². The number of rotatable bonds is 5. The second-order valence-electron chi connectivity index (χ2n) is 6.15. The zero-order chi connectivity index (χ0) is 16.9. The Kier molecular flexibility index (Phi) is 5.37. The summed E-state index contributed by atoms with van der Waals surface area (Å²) in [6.45, 7) is 4.84. The van der Waals surface area contributed by atoms with Gasteiger partial charge in [0.15, 0.2) is 0 Å². The van der Waals surface area contributed by atoms with Crippen LogP contribution in [0.3, 0.4) is 0 Å². The van der Waals surface area contributed by atoms with E-state index in [4.69, 9.17) is 4.74 Å². The molecule has 0 heterocycles. The first kappa shape index (κ1) is 16.8. The maximum atomic E-state index is 5.98. The lowest BCUT2D eigenvalue weighted by Gasteiger charge is -2.13. The minimum atomic E-state index is 0.580. The van der Waals surface area contributed by atoms with Crippen molar-refractivity contribution in [3.63, 3.8) is 0 Å². The lowest BCUT2D eigenvalue weighted by Crippen LogP contribution is -1.98. The molecule has 24 heavy (non-hydrogen) atoms. The lowest BCUT2D eigenvalue weighted by atomic mass is 10.00. The van der Waals surface area contributed by atoms with Gasteiger partial charge < -0.3 is 4.74 Å². The number of hydrogen-bond donors (Lipinski definition) is 0. The average Bonchev–Trinajstić information content (AvgIpc) is 2.59. The molecule has 0 bridgehead atoms. The van der Waals surface area contributed by atoms with E-state index in [0.717, 1.165) is 16.6 Å². The molecule has 0 atom stereocenters. The molecule has 2 heteroatoms. The number of benzene rings is 3. The van der Waals surface area contributed by atoms with Crippen molar-refractivity contribution in [1.29, 1.82) is 0 Å². The molecule has 0 amide bonds. The van der Waals surface area contributed by atoms with Gasteiger partial charge in [0.1, 0.15) is 12.4 Å². The van der Waals surface area contributed by atoms with Crippen molar-refractivity contribution in [2.75, 3.05) is 0 Å². The quantitative estimate of drug-likeness (QED) is 0.509. The molecule has 3 aromatic carbocycles. The summed E-state index contributed by atoms with van der Waals surface area (Å²) >= 11 is 3.65. The van der Waals surface area contributed by atoms with E-state index < -0.39 is 0 Å². The Morgan fingerprint density at radius 2 is 1.54 bits per heavy atom. The van der Waals surface area contributed by atoms with E-state index >= 15 is 0 Å². The first-order valence-corrected chi connectivity index (χ1v) is 8.92. The van der Waals surface area contributed by atoms with Gasteiger partial charge in [0.2, 0.25) is 0 Å². The van der Waals surface area contributed by atoms with E-state index in [1.54, 1.807) is 0 Å². The summed E-state index contributed by atoms with van der Waals surface area (Å²) in [6, 6.07) is 23.3. The molecular weight excluding hydrogens is 360 g/mol. The molecule has 0 fully saturated rings. The molecule has 0 aliphatic heterocycles. The summed E-state index contributed by atoms with van der Waals surface area (Å²) in [5, 5.41) is 0. The summed E-state index contributed by atoms with van der Waals surface area (Å²) in [5.41, 5.74) is 6.36. The van der Waals surface area contributed by atoms with Crippen LogP contribution in [0.4, 0.5) is 0 Å². The second-order valence-corrected chi connectivity index (χ2v) is 7.00. The molecule has 122 valence electrons. The number of ether oxygens (including phenoxy) is 1. The van der Waals surface area contributed by atoms with E-state index in [1.807, 2.05) is 18.2 Å². The van der Waals surface area contributed by atoms with Gasteiger partial charge in [0.05, 0.1) is 4.47 Å². The monoisotopic (exact) mass is 380 g/mol. The van der Waals surface area contributed by atoms with Crippen molar-refractivity contribution in [2.24, 2.45) is 0 Å². The Morgan fingerprint density at radius 1 is 0.833 bits per heavy atom. The van der Waals surface area contributed by atoms with Crippen molar-refractivity contribution in [3.05, 3.63) is 99.0 Å². The SMILES string of the molecule is Cc1ccc(Cc2cc(Br)c(OCc3ccccc3)cc2C)cc1. The van der Waals surface area contributed by atoms with E-state index in [9.17, 15) is 0 Å². The zero-order valence-electron chi connectivity index (χ0n) is 14.1. The highest BCUT2D eigenvalue weighted by molar-refractivity contribution is 9.10. The van der Waals surface area contributed by atoms with Gasteiger partial charge in [-0.1, -0.05) is 60.2 Å². The number of aryl methyl sites for hydroxylation is 2. The molecule has 0 radical (unpaired) electrons. The highest BCUT2D eigenvalue weighted by Gasteiger charge is 2.08. The molecule has 3 rings (SSSR count). The third-order valence-electron chi connectivity index (χ3n) is 4.14. The third-order valence-corrected chi connectivity index (χ3v) is 4.76. The van der Waals surface area contributed by atoms with E-state index in [-0.39, 0.29) is 0 Å². The van der Waals surface area contributed by atoms with Gasteiger partial charge in [-0.2, -0.15) is 0 Å². The van der Waals surface area contributed by atoms with Crippen molar-refractivity contribution >= 4 is 15.9 Å². The van der Waals surface area contributed by atoms with Gasteiger partial charge in [0, 0.05) is 0 Å². The van der Waals surface area contributed by atoms with Crippen LogP contribution in [-0.2, 0) is 13.0 Å². The molecule has 1 nitrogen and oxygen atoms in total. The summed E-state index contributed by atoms with van der Waals surface area (Å²) in [4.78, 5) is 0. The highest BCUT2D eigenvalue weighted by atomic mass is 79.9. The molecule has 0 N–H and O–H groups in total. The van der Waals surface area contributed by atoms with Crippen LogP contribution in [0, 0.1) is 13.8 Å². The van der Waals surface area contributed by atoms with Crippen molar-refractivity contribution in [1.82, 2.24) is 0 Å². The second kappa shape index (κ2) is 7.67. The maximum absolute atomic E-state index is 5.98. The smallest absolute Gasteiger partial charge is 0.134 e. The van der Waals surface area contributed by atoms with Crippen LogP contribution in [-0.4, -0.2) is 0 Å². The van der Waals surface area contributed by atoms with Gasteiger partial charge in [-0.05, 0) is 70.6 Å².